The standard InChI is InChI=1S/C17H26N6S.HI/c1-3-19-17(21-6-4-16-20-8-11-24-16)22-9-5-14(2)15(12-22)23-10-7-18-13-23;/h7-8,10-11,13-15H,3-6,9,12H2,1-2H3,(H,19,21);1H. The van der Waals surface area contributed by atoms with Crippen LogP contribution in [0.3, 0.4) is 0 Å². The van der Waals surface area contributed by atoms with Crippen LogP contribution in [0.2, 0.25) is 0 Å². The van der Waals surface area contributed by atoms with Gasteiger partial charge >= 0.3 is 0 Å². The lowest BCUT2D eigenvalue weighted by Gasteiger charge is -2.39. The minimum atomic E-state index is 0. The number of likely N-dealkylation sites (tertiary alicyclic amines) is 1. The molecule has 3 heterocycles. The molecule has 25 heavy (non-hydrogen) atoms. The van der Waals surface area contributed by atoms with E-state index in [0.29, 0.717) is 12.0 Å². The maximum Gasteiger partial charge on any atom is 0.193 e. The Hall–Kier alpha value is -1.16. The minimum Gasteiger partial charge on any atom is -0.357 e. The average Bonchev–Trinajstić information content (AvgIpc) is 3.28. The van der Waals surface area contributed by atoms with Gasteiger partial charge in [0.1, 0.15) is 0 Å². The monoisotopic (exact) mass is 474 g/mol. The van der Waals surface area contributed by atoms with Crippen LogP contribution in [-0.2, 0) is 6.42 Å². The first-order chi connectivity index (χ1) is 11.8. The van der Waals surface area contributed by atoms with Gasteiger partial charge in [-0.3, -0.25) is 4.99 Å². The molecule has 2 aromatic heterocycles. The van der Waals surface area contributed by atoms with Crippen molar-refractivity contribution in [3.63, 3.8) is 0 Å². The van der Waals surface area contributed by atoms with E-state index < -0.39 is 0 Å². The largest absolute Gasteiger partial charge is 0.357 e. The van der Waals surface area contributed by atoms with E-state index in [-0.39, 0.29) is 24.0 Å². The van der Waals surface area contributed by atoms with Gasteiger partial charge in [-0.1, -0.05) is 6.92 Å². The van der Waals surface area contributed by atoms with Crippen molar-refractivity contribution in [1.82, 2.24) is 24.8 Å². The number of nitrogens with one attached hydrogen (secondary N) is 1. The first-order valence-electron chi connectivity index (χ1n) is 8.67. The summed E-state index contributed by atoms with van der Waals surface area (Å²) in [5.41, 5.74) is 0. The number of imidazole rings is 1. The van der Waals surface area contributed by atoms with Crippen molar-refractivity contribution >= 4 is 41.3 Å². The molecule has 0 bridgehead atoms. The lowest BCUT2D eigenvalue weighted by atomic mass is 9.93. The smallest absolute Gasteiger partial charge is 0.193 e. The van der Waals surface area contributed by atoms with Gasteiger partial charge in [0, 0.05) is 56.6 Å². The Morgan fingerprint density at radius 3 is 3.00 bits per heavy atom. The highest BCUT2D eigenvalue weighted by atomic mass is 127. The summed E-state index contributed by atoms with van der Waals surface area (Å²) in [5, 5.41) is 6.62. The van der Waals surface area contributed by atoms with Crippen molar-refractivity contribution in [2.45, 2.75) is 32.7 Å². The van der Waals surface area contributed by atoms with E-state index in [1.165, 1.54) is 6.42 Å². The van der Waals surface area contributed by atoms with Gasteiger partial charge < -0.3 is 14.8 Å². The molecule has 2 unspecified atom stereocenters. The van der Waals surface area contributed by atoms with Crippen molar-refractivity contribution < 1.29 is 0 Å². The summed E-state index contributed by atoms with van der Waals surface area (Å²) in [6.45, 7) is 8.14. The van der Waals surface area contributed by atoms with E-state index >= 15 is 0 Å². The number of hydrogen-bond acceptors (Lipinski definition) is 4. The molecule has 0 amide bonds. The molecule has 0 spiro atoms. The highest BCUT2D eigenvalue weighted by Gasteiger charge is 2.28. The highest BCUT2D eigenvalue weighted by molar-refractivity contribution is 14.0. The second-order valence-corrected chi connectivity index (χ2v) is 7.18. The lowest BCUT2D eigenvalue weighted by molar-refractivity contribution is 0.189. The van der Waals surface area contributed by atoms with Crippen LogP contribution in [0.15, 0.2) is 35.3 Å². The second-order valence-electron chi connectivity index (χ2n) is 6.20. The van der Waals surface area contributed by atoms with E-state index in [1.54, 1.807) is 11.3 Å². The Balaban J connectivity index is 0.00000225. The number of hydrogen-bond donors (Lipinski definition) is 1. The van der Waals surface area contributed by atoms with Crippen molar-refractivity contribution in [2.75, 3.05) is 26.2 Å². The molecular formula is C17H27IN6S. The predicted molar refractivity (Wildman–Crippen MR) is 114 cm³/mol. The number of piperidine rings is 1. The van der Waals surface area contributed by atoms with E-state index in [9.17, 15) is 0 Å². The Morgan fingerprint density at radius 2 is 2.32 bits per heavy atom. The molecule has 1 N–H and O–H groups in total. The number of thiazole rings is 1. The third kappa shape index (κ3) is 5.40. The molecule has 1 saturated heterocycles. The Kier molecular flexibility index (Phi) is 8.14. The normalized spacial score (nSPS) is 21.0. The molecular weight excluding hydrogens is 447 g/mol. The third-order valence-electron chi connectivity index (χ3n) is 4.53. The van der Waals surface area contributed by atoms with Crippen molar-refractivity contribution in [3.05, 3.63) is 35.3 Å². The molecule has 2 aromatic rings. The molecule has 0 radical (unpaired) electrons. The first-order valence-corrected chi connectivity index (χ1v) is 9.55. The molecule has 138 valence electrons. The number of guanidine groups is 1. The zero-order chi connectivity index (χ0) is 16.8. The molecule has 0 aromatic carbocycles. The molecule has 0 aliphatic carbocycles. The summed E-state index contributed by atoms with van der Waals surface area (Å²) < 4.78 is 2.23. The maximum atomic E-state index is 4.83. The summed E-state index contributed by atoms with van der Waals surface area (Å²) in [4.78, 5) is 15.8. The van der Waals surface area contributed by atoms with Gasteiger partial charge in [-0.2, -0.15) is 0 Å². The predicted octanol–water partition coefficient (Wildman–Crippen LogP) is 3.05. The molecule has 6 nitrogen and oxygen atoms in total. The van der Waals surface area contributed by atoms with Crippen molar-refractivity contribution in [2.24, 2.45) is 10.9 Å². The lowest BCUT2D eigenvalue weighted by Crippen LogP contribution is -2.49. The SMILES string of the molecule is CCNC(=NCCc1nccs1)N1CCC(C)C(n2ccnc2)C1.I. The molecule has 8 heteroatoms. The van der Waals surface area contributed by atoms with Crippen LogP contribution in [0, 0.1) is 5.92 Å². The van der Waals surface area contributed by atoms with E-state index in [4.69, 9.17) is 4.99 Å². The molecule has 1 aliphatic heterocycles. The fourth-order valence-corrected chi connectivity index (χ4v) is 3.76. The number of aliphatic imine (C=N–C) groups is 1. The van der Waals surface area contributed by atoms with Gasteiger partial charge in [0.15, 0.2) is 5.96 Å². The van der Waals surface area contributed by atoms with Crippen LogP contribution in [0.1, 0.15) is 31.3 Å². The summed E-state index contributed by atoms with van der Waals surface area (Å²) in [6, 6.07) is 0.448. The molecule has 0 saturated carbocycles. The van der Waals surface area contributed by atoms with Gasteiger partial charge in [-0.25, -0.2) is 9.97 Å². The first kappa shape index (κ1) is 20.2. The fourth-order valence-electron chi connectivity index (χ4n) is 3.15. The Bertz CT molecular complexity index is 628. The van der Waals surface area contributed by atoms with Gasteiger partial charge in [0.2, 0.25) is 0 Å². The fraction of sp³-hybridized carbons (Fsp3) is 0.588. The topological polar surface area (TPSA) is 58.3 Å². The summed E-state index contributed by atoms with van der Waals surface area (Å²) >= 11 is 1.70. The Morgan fingerprint density at radius 1 is 1.44 bits per heavy atom. The van der Waals surface area contributed by atoms with Crippen LogP contribution in [0.25, 0.3) is 0 Å². The molecule has 3 rings (SSSR count). The molecule has 2 atom stereocenters. The number of aromatic nitrogens is 3. The average molecular weight is 474 g/mol. The van der Waals surface area contributed by atoms with Gasteiger partial charge in [0.05, 0.1) is 17.4 Å². The maximum absolute atomic E-state index is 4.83. The van der Waals surface area contributed by atoms with Gasteiger partial charge in [-0.15, -0.1) is 35.3 Å². The van der Waals surface area contributed by atoms with Crippen molar-refractivity contribution in [3.8, 4) is 0 Å². The van der Waals surface area contributed by atoms with Crippen LogP contribution < -0.4 is 5.32 Å². The third-order valence-corrected chi connectivity index (χ3v) is 5.37. The number of rotatable bonds is 5. The Labute approximate surface area is 170 Å². The quantitative estimate of drug-likeness (QED) is 0.411. The van der Waals surface area contributed by atoms with E-state index in [0.717, 1.165) is 43.6 Å². The summed E-state index contributed by atoms with van der Waals surface area (Å²) in [7, 11) is 0. The number of halogens is 1. The molecule has 1 aliphatic rings. The zero-order valence-electron chi connectivity index (χ0n) is 14.8. The second kappa shape index (κ2) is 10.1. The van der Waals surface area contributed by atoms with Crippen LogP contribution in [0.5, 0.6) is 0 Å². The number of nitrogens with zero attached hydrogens (tertiary/aromatic N) is 5. The van der Waals surface area contributed by atoms with E-state index in [2.05, 4.69) is 44.8 Å². The highest BCUT2D eigenvalue weighted by Crippen LogP contribution is 2.27. The van der Waals surface area contributed by atoms with Crippen molar-refractivity contribution in [1.29, 1.82) is 0 Å². The van der Waals surface area contributed by atoms with Crippen LogP contribution in [0.4, 0.5) is 0 Å². The molecule has 1 fully saturated rings. The zero-order valence-corrected chi connectivity index (χ0v) is 18.0. The summed E-state index contributed by atoms with van der Waals surface area (Å²) in [5.74, 6) is 1.67. The summed E-state index contributed by atoms with van der Waals surface area (Å²) in [6.07, 6.45) is 9.78. The van der Waals surface area contributed by atoms with Crippen LogP contribution >= 0.6 is 35.3 Å². The minimum absolute atomic E-state index is 0. The van der Waals surface area contributed by atoms with Crippen LogP contribution in [-0.4, -0.2) is 51.6 Å². The van der Waals surface area contributed by atoms with Gasteiger partial charge in [-0.05, 0) is 19.3 Å². The van der Waals surface area contributed by atoms with E-state index in [1.807, 2.05) is 24.1 Å². The van der Waals surface area contributed by atoms with Gasteiger partial charge in [0.25, 0.3) is 0 Å².